The number of piperazine rings is 1. The number of hydrogen-bond donors (Lipinski definition) is 1. The molecule has 0 aliphatic carbocycles. The number of carboxylic acid groups (broad SMARTS) is 1. The van der Waals surface area contributed by atoms with Crippen molar-refractivity contribution in [1.29, 1.82) is 0 Å². The van der Waals surface area contributed by atoms with Crippen molar-refractivity contribution in [2.45, 2.75) is 49.2 Å². The molecule has 7 heteroatoms. The molecule has 1 N–H and O–H groups in total. The Balaban J connectivity index is 1.38. The monoisotopic (exact) mass is 588 g/mol. The van der Waals surface area contributed by atoms with Crippen molar-refractivity contribution >= 4 is 17.8 Å². The Bertz CT molecular complexity index is 1550. The zero-order valence-corrected chi connectivity index (χ0v) is 24.7. The first-order chi connectivity index (χ1) is 21.5. The van der Waals surface area contributed by atoms with Gasteiger partial charge in [0, 0.05) is 12.6 Å². The van der Waals surface area contributed by atoms with Crippen LogP contribution in [0.15, 0.2) is 115 Å². The highest BCUT2D eigenvalue weighted by molar-refractivity contribution is 5.93. The summed E-state index contributed by atoms with van der Waals surface area (Å²) in [6, 6.07) is 34.0. The van der Waals surface area contributed by atoms with Gasteiger partial charge in [-0.05, 0) is 53.6 Å². The van der Waals surface area contributed by atoms with Gasteiger partial charge in [0.05, 0.1) is 25.0 Å². The minimum Gasteiger partial charge on any atom is -0.497 e. The highest BCUT2D eigenvalue weighted by Crippen LogP contribution is 2.39. The summed E-state index contributed by atoms with van der Waals surface area (Å²) in [6.45, 7) is 0.161. The molecule has 0 aromatic heterocycles. The first-order valence-electron chi connectivity index (χ1n) is 15.1. The molecule has 0 saturated carbocycles. The molecule has 2 aliphatic heterocycles. The summed E-state index contributed by atoms with van der Waals surface area (Å²) < 4.78 is 5.34. The molecule has 44 heavy (non-hydrogen) atoms. The number of benzene rings is 4. The fraction of sp³-hybridized carbons (Fsp3) is 0.270. The standard InChI is InChI=1S/C37H36N2O5/c1-44-30-22-20-28(21-23-30)32(25-12-5-2-6-13-25)35(40)38-24-29-18-11-19-31(34(38)37(42)43)39(29)36(41)33(26-14-7-3-8-15-26)27-16-9-4-10-17-27/h2-10,12-17,20-23,29,31-34H,11,18-19,24H2,1H3,(H,42,43)/t29-,31+,32?,34-/m0/s1. The first-order valence-corrected chi connectivity index (χ1v) is 15.1. The Hall–Kier alpha value is -4.91. The summed E-state index contributed by atoms with van der Waals surface area (Å²) in [7, 11) is 1.59. The van der Waals surface area contributed by atoms with Gasteiger partial charge in [0.2, 0.25) is 11.8 Å². The van der Waals surface area contributed by atoms with E-state index in [0.717, 1.165) is 28.7 Å². The van der Waals surface area contributed by atoms with Crippen molar-refractivity contribution in [2.24, 2.45) is 0 Å². The van der Waals surface area contributed by atoms with E-state index in [2.05, 4.69) is 0 Å². The second kappa shape index (κ2) is 12.8. The third kappa shape index (κ3) is 5.57. The van der Waals surface area contributed by atoms with Crippen LogP contribution in [0.1, 0.15) is 53.4 Å². The zero-order chi connectivity index (χ0) is 30.6. The fourth-order valence-corrected chi connectivity index (χ4v) is 7.02. The number of fused-ring (bicyclic) bond motifs is 2. The number of carbonyl (C=O) groups is 3. The molecule has 2 heterocycles. The summed E-state index contributed by atoms with van der Waals surface area (Å²) in [5, 5.41) is 10.7. The van der Waals surface area contributed by atoms with Gasteiger partial charge >= 0.3 is 5.97 Å². The van der Waals surface area contributed by atoms with Gasteiger partial charge in [-0.1, -0.05) is 103 Å². The van der Waals surface area contributed by atoms with Gasteiger partial charge < -0.3 is 19.6 Å². The molecule has 6 rings (SSSR count). The molecule has 7 nitrogen and oxygen atoms in total. The maximum atomic E-state index is 14.6. The molecule has 2 bridgehead atoms. The summed E-state index contributed by atoms with van der Waals surface area (Å²) in [4.78, 5) is 45.6. The summed E-state index contributed by atoms with van der Waals surface area (Å²) >= 11 is 0. The lowest BCUT2D eigenvalue weighted by atomic mass is 9.81. The van der Waals surface area contributed by atoms with Crippen LogP contribution in [0.3, 0.4) is 0 Å². The van der Waals surface area contributed by atoms with Gasteiger partial charge in [0.25, 0.3) is 0 Å². The molecule has 4 aromatic carbocycles. The molecule has 4 aromatic rings. The molecular formula is C37H36N2O5. The molecule has 4 atom stereocenters. The normalized spacial score (nSPS) is 20.2. The number of nitrogens with zero attached hydrogens (tertiary/aromatic N) is 2. The molecule has 2 amide bonds. The number of carbonyl (C=O) groups excluding carboxylic acids is 2. The van der Waals surface area contributed by atoms with Gasteiger partial charge in [-0.3, -0.25) is 9.59 Å². The second-order valence-corrected chi connectivity index (χ2v) is 11.5. The number of aliphatic carboxylic acids is 1. The minimum atomic E-state index is -1.17. The molecule has 2 saturated heterocycles. The predicted octanol–water partition coefficient (Wildman–Crippen LogP) is 5.70. The molecule has 1 unspecified atom stereocenters. The highest BCUT2D eigenvalue weighted by Gasteiger charge is 2.52. The van der Waals surface area contributed by atoms with E-state index < -0.39 is 29.9 Å². The highest BCUT2D eigenvalue weighted by atomic mass is 16.5. The van der Waals surface area contributed by atoms with Crippen molar-refractivity contribution in [3.05, 3.63) is 138 Å². The lowest BCUT2D eigenvalue weighted by molar-refractivity contribution is -0.168. The molecule has 0 radical (unpaired) electrons. The van der Waals surface area contributed by atoms with Crippen molar-refractivity contribution in [2.75, 3.05) is 13.7 Å². The quantitative estimate of drug-likeness (QED) is 0.285. The Morgan fingerprint density at radius 2 is 1.16 bits per heavy atom. The van der Waals surface area contributed by atoms with E-state index in [-0.39, 0.29) is 24.4 Å². The topological polar surface area (TPSA) is 87.2 Å². The van der Waals surface area contributed by atoms with E-state index in [9.17, 15) is 19.5 Å². The van der Waals surface area contributed by atoms with Crippen LogP contribution < -0.4 is 4.74 Å². The van der Waals surface area contributed by atoms with Crippen molar-refractivity contribution in [1.82, 2.24) is 9.80 Å². The summed E-state index contributed by atoms with van der Waals surface area (Å²) in [5.41, 5.74) is 3.25. The van der Waals surface area contributed by atoms with Crippen molar-refractivity contribution in [3.63, 3.8) is 0 Å². The van der Waals surface area contributed by atoms with Gasteiger partial charge in [-0.2, -0.15) is 0 Å². The lowest BCUT2D eigenvalue weighted by Crippen LogP contribution is -2.70. The Morgan fingerprint density at radius 3 is 1.64 bits per heavy atom. The SMILES string of the molecule is COc1ccc(C(C(=O)N2C[C@@H]3CCC[C@H]([C@H]2C(=O)O)N3C(=O)C(c2ccccc2)c2ccccc2)c2ccccc2)cc1. The smallest absolute Gasteiger partial charge is 0.328 e. The van der Waals surface area contributed by atoms with E-state index in [4.69, 9.17) is 4.74 Å². The van der Waals surface area contributed by atoms with Crippen LogP contribution in [0.25, 0.3) is 0 Å². The Morgan fingerprint density at radius 1 is 0.682 bits per heavy atom. The van der Waals surface area contributed by atoms with Gasteiger partial charge in [0.15, 0.2) is 0 Å². The third-order valence-electron chi connectivity index (χ3n) is 9.03. The Labute approximate surface area is 257 Å². The molecule has 2 fully saturated rings. The van der Waals surface area contributed by atoms with Crippen LogP contribution >= 0.6 is 0 Å². The van der Waals surface area contributed by atoms with Crippen LogP contribution in [-0.2, 0) is 14.4 Å². The average molecular weight is 589 g/mol. The second-order valence-electron chi connectivity index (χ2n) is 11.5. The zero-order valence-electron chi connectivity index (χ0n) is 24.7. The number of amides is 2. The van der Waals surface area contributed by atoms with Crippen LogP contribution in [0.4, 0.5) is 0 Å². The van der Waals surface area contributed by atoms with Crippen LogP contribution in [0.5, 0.6) is 5.75 Å². The molecule has 0 spiro atoms. The van der Waals surface area contributed by atoms with Crippen molar-refractivity contribution in [3.8, 4) is 5.75 Å². The van der Waals surface area contributed by atoms with Crippen LogP contribution in [-0.4, -0.2) is 64.5 Å². The summed E-state index contributed by atoms with van der Waals surface area (Å²) in [6.07, 6.45) is 2.01. The van der Waals surface area contributed by atoms with Gasteiger partial charge in [-0.15, -0.1) is 0 Å². The van der Waals surface area contributed by atoms with Gasteiger partial charge in [0.1, 0.15) is 11.8 Å². The maximum absolute atomic E-state index is 14.6. The minimum absolute atomic E-state index is 0.120. The largest absolute Gasteiger partial charge is 0.497 e. The Kier molecular flexibility index (Phi) is 8.46. The van der Waals surface area contributed by atoms with Crippen LogP contribution in [0.2, 0.25) is 0 Å². The number of rotatable bonds is 8. The molecule has 2 aliphatic rings. The predicted molar refractivity (Wildman–Crippen MR) is 167 cm³/mol. The average Bonchev–Trinajstić information content (AvgIpc) is 3.06. The molecule has 224 valence electrons. The maximum Gasteiger partial charge on any atom is 0.328 e. The number of likely N-dealkylation sites (tertiary alicyclic amines) is 1. The van der Waals surface area contributed by atoms with E-state index in [0.29, 0.717) is 18.6 Å². The fourth-order valence-electron chi connectivity index (χ4n) is 7.02. The number of ether oxygens (including phenoxy) is 1. The van der Waals surface area contributed by atoms with E-state index in [1.807, 2.05) is 120 Å². The molecular weight excluding hydrogens is 552 g/mol. The van der Waals surface area contributed by atoms with E-state index in [1.54, 1.807) is 7.11 Å². The van der Waals surface area contributed by atoms with Crippen LogP contribution in [0, 0.1) is 0 Å². The lowest BCUT2D eigenvalue weighted by Gasteiger charge is -2.54. The number of methoxy groups -OCH3 is 1. The third-order valence-corrected chi connectivity index (χ3v) is 9.03. The van der Waals surface area contributed by atoms with Gasteiger partial charge in [-0.25, -0.2) is 4.79 Å². The number of carboxylic acids is 1. The summed E-state index contributed by atoms with van der Waals surface area (Å²) in [5.74, 6) is -2.10. The first kappa shape index (κ1) is 29.2. The van der Waals surface area contributed by atoms with E-state index in [1.165, 1.54) is 4.90 Å². The number of piperidine rings is 1. The number of hydrogen-bond acceptors (Lipinski definition) is 4. The van der Waals surface area contributed by atoms with Crippen molar-refractivity contribution < 1.29 is 24.2 Å². The van der Waals surface area contributed by atoms with E-state index >= 15 is 0 Å².